The second-order valence-corrected chi connectivity index (χ2v) is 12.2. The van der Waals surface area contributed by atoms with Crippen LogP contribution >= 0.6 is 22.7 Å². The predicted octanol–water partition coefficient (Wildman–Crippen LogP) is 3.90. The molecule has 2 aromatic heterocycles. The van der Waals surface area contributed by atoms with Crippen molar-refractivity contribution in [3.8, 4) is 9.88 Å². The summed E-state index contributed by atoms with van der Waals surface area (Å²) in [5.41, 5.74) is 0.968. The summed E-state index contributed by atoms with van der Waals surface area (Å²) >= 11 is 3.08. The van der Waals surface area contributed by atoms with E-state index in [9.17, 15) is 13.2 Å². The zero-order valence-electron chi connectivity index (χ0n) is 17.8. The molecule has 170 valence electrons. The van der Waals surface area contributed by atoms with Gasteiger partial charge < -0.3 is 4.90 Å². The van der Waals surface area contributed by atoms with Gasteiger partial charge in [0, 0.05) is 39.3 Å². The minimum atomic E-state index is -3.44. The molecule has 0 N–H and O–H groups in total. The van der Waals surface area contributed by atoms with E-state index in [1.165, 1.54) is 11.3 Å². The number of carbonyl (C=O) groups is 1. The minimum Gasteiger partial charge on any atom is -0.335 e. The van der Waals surface area contributed by atoms with E-state index >= 15 is 0 Å². The fraction of sp³-hybridized carbons (Fsp3) is 0.455. The quantitative estimate of drug-likeness (QED) is 0.556. The molecule has 0 bridgehead atoms. The Balaban J connectivity index is 1.24. The number of carbonyl (C=O) groups excluding carboxylic acids is 1. The average Bonchev–Trinajstić information content (AvgIpc) is 3.38. The maximum Gasteiger partial charge on any atom is 0.282 e. The molecule has 2 saturated heterocycles. The van der Waals surface area contributed by atoms with Gasteiger partial charge in [-0.1, -0.05) is 25.0 Å². The van der Waals surface area contributed by atoms with Gasteiger partial charge in [-0.2, -0.15) is 17.0 Å². The van der Waals surface area contributed by atoms with Gasteiger partial charge in [0.1, 0.15) is 5.01 Å². The van der Waals surface area contributed by atoms with Crippen LogP contribution in [-0.4, -0.2) is 72.1 Å². The first-order valence-corrected chi connectivity index (χ1v) is 14.1. The highest BCUT2D eigenvalue weighted by Gasteiger charge is 2.34. The summed E-state index contributed by atoms with van der Waals surface area (Å²) in [5.74, 6) is -0.0332. The SMILES string of the molecule is O=C(c1ccc(-c2nc3ccccc3s2)s1)N1CCN(S(=O)(=O)N2CCCCCC2)CC1. The van der Waals surface area contributed by atoms with E-state index < -0.39 is 10.2 Å². The molecule has 2 aliphatic rings. The zero-order chi connectivity index (χ0) is 22.1. The van der Waals surface area contributed by atoms with Gasteiger partial charge in [-0.15, -0.1) is 22.7 Å². The average molecular weight is 491 g/mol. The largest absolute Gasteiger partial charge is 0.335 e. The van der Waals surface area contributed by atoms with Gasteiger partial charge in [0.2, 0.25) is 0 Å². The molecule has 3 aromatic rings. The number of nitrogens with zero attached hydrogens (tertiary/aromatic N) is 4. The lowest BCUT2D eigenvalue weighted by atomic mass is 10.2. The summed E-state index contributed by atoms with van der Waals surface area (Å²) in [4.78, 5) is 21.2. The normalized spacial score (nSPS) is 19.3. The number of fused-ring (bicyclic) bond motifs is 1. The first-order chi connectivity index (χ1) is 15.5. The summed E-state index contributed by atoms with van der Waals surface area (Å²) in [6, 6.07) is 11.8. The van der Waals surface area contributed by atoms with Crippen LogP contribution in [0.25, 0.3) is 20.1 Å². The molecule has 2 aliphatic heterocycles. The number of para-hydroxylation sites is 1. The van der Waals surface area contributed by atoms with Crippen LogP contribution < -0.4 is 0 Å². The minimum absolute atomic E-state index is 0.0332. The van der Waals surface area contributed by atoms with Crippen molar-refractivity contribution in [2.45, 2.75) is 25.7 Å². The van der Waals surface area contributed by atoms with Gasteiger partial charge in [0.05, 0.1) is 20.0 Å². The van der Waals surface area contributed by atoms with Gasteiger partial charge in [-0.05, 0) is 37.1 Å². The first-order valence-electron chi connectivity index (χ1n) is 11.0. The zero-order valence-corrected chi connectivity index (χ0v) is 20.2. The molecule has 7 nitrogen and oxygen atoms in total. The highest BCUT2D eigenvalue weighted by atomic mass is 32.2. The number of aromatic nitrogens is 1. The molecule has 2 fully saturated rings. The number of thiazole rings is 1. The van der Waals surface area contributed by atoms with Crippen LogP contribution in [0.15, 0.2) is 36.4 Å². The molecule has 0 aliphatic carbocycles. The third-order valence-corrected chi connectivity index (χ3v) is 10.4. The Hall–Kier alpha value is -1.85. The monoisotopic (exact) mass is 490 g/mol. The van der Waals surface area contributed by atoms with Gasteiger partial charge in [-0.3, -0.25) is 4.79 Å². The number of hydrogen-bond acceptors (Lipinski definition) is 6. The Labute approximate surface area is 196 Å². The topological polar surface area (TPSA) is 73.8 Å². The highest BCUT2D eigenvalue weighted by Crippen LogP contribution is 2.35. The number of hydrogen-bond donors (Lipinski definition) is 0. The Morgan fingerprint density at radius 2 is 1.50 bits per heavy atom. The molecule has 10 heteroatoms. The van der Waals surface area contributed by atoms with Crippen molar-refractivity contribution in [2.24, 2.45) is 0 Å². The lowest BCUT2D eigenvalue weighted by molar-refractivity contribution is 0.0699. The Morgan fingerprint density at radius 1 is 0.812 bits per heavy atom. The van der Waals surface area contributed by atoms with Crippen molar-refractivity contribution >= 4 is 49.0 Å². The van der Waals surface area contributed by atoms with Crippen LogP contribution in [0.1, 0.15) is 35.4 Å². The molecule has 0 atom stereocenters. The van der Waals surface area contributed by atoms with Gasteiger partial charge in [0.25, 0.3) is 16.1 Å². The fourth-order valence-electron chi connectivity index (χ4n) is 4.26. The highest BCUT2D eigenvalue weighted by molar-refractivity contribution is 7.86. The molecule has 0 unspecified atom stereocenters. The number of rotatable bonds is 4. The number of thiophene rings is 1. The van der Waals surface area contributed by atoms with Gasteiger partial charge in [-0.25, -0.2) is 4.98 Å². The summed E-state index contributed by atoms with van der Waals surface area (Å²) in [6.45, 7) is 2.73. The van der Waals surface area contributed by atoms with Crippen molar-refractivity contribution in [3.63, 3.8) is 0 Å². The lowest BCUT2D eigenvalue weighted by Gasteiger charge is -2.36. The molecule has 0 saturated carbocycles. The third kappa shape index (κ3) is 4.34. The van der Waals surface area contributed by atoms with Crippen molar-refractivity contribution in [1.82, 2.24) is 18.5 Å². The second kappa shape index (κ2) is 9.18. The standard InChI is InChI=1S/C22H26N4O3S3/c27-22(20-10-9-19(30-20)21-23-17-7-3-4-8-18(17)31-21)24-13-15-26(16-14-24)32(28,29)25-11-5-1-2-6-12-25/h3-4,7-10H,1-2,5-6,11-16H2. The Bertz CT molecular complexity index is 1170. The molecule has 0 spiro atoms. The molecule has 5 rings (SSSR count). The van der Waals surface area contributed by atoms with Crippen LogP contribution in [0.5, 0.6) is 0 Å². The van der Waals surface area contributed by atoms with Gasteiger partial charge >= 0.3 is 0 Å². The van der Waals surface area contributed by atoms with E-state index in [-0.39, 0.29) is 5.91 Å². The Kier molecular flexibility index (Phi) is 6.31. The van der Waals surface area contributed by atoms with Gasteiger partial charge in [0.15, 0.2) is 0 Å². The predicted molar refractivity (Wildman–Crippen MR) is 129 cm³/mol. The van der Waals surface area contributed by atoms with Crippen LogP contribution in [-0.2, 0) is 10.2 Å². The molecule has 4 heterocycles. The molecule has 1 aromatic carbocycles. The maximum atomic E-state index is 13.1. The first kappa shape index (κ1) is 22.0. The van der Waals surface area contributed by atoms with Crippen LogP contribution in [0.4, 0.5) is 0 Å². The maximum absolute atomic E-state index is 13.1. The Morgan fingerprint density at radius 3 is 2.22 bits per heavy atom. The number of amides is 1. The van der Waals surface area contributed by atoms with Crippen molar-refractivity contribution in [2.75, 3.05) is 39.3 Å². The number of piperazine rings is 1. The van der Waals surface area contributed by atoms with E-state index in [0.717, 1.165) is 45.8 Å². The summed E-state index contributed by atoms with van der Waals surface area (Å²) < 4.78 is 30.3. The van der Waals surface area contributed by atoms with Crippen molar-refractivity contribution in [3.05, 3.63) is 41.3 Å². The molecule has 0 radical (unpaired) electrons. The molecule has 32 heavy (non-hydrogen) atoms. The van der Waals surface area contributed by atoms with Crippen LogP contribution in [0.2, 0.25) is 0 Å². The van der Waals surface area contributed by atoms with E-state index in [2.05, 4.69) is 11.1 Å². The smallest absolute Gasteiger partial charge is 0.282 e. The molecular formula is C22H26N4O3S3. The van der Waals surface area contributed by atoms with Crippen LogP contribution in [0, 0.1) is 0 Å². The number of benzene rings is 1. The van der Waals surface area contributed by atoms with E-state index in [1.807, 2.05) is 30.3 Å². The van der Waals surface area contributed by atoms with Crippen LogP contribution in [0.3, 0.4) is 0 Å². The van der Waals surface area contributed by atoms with Crippen molar-refractivity contribution < 1.29 is 13.2 Å². The second-order valence-electron chi connectivity index (χ2n) is 8.16. The lowest BCUT2D eigenvalue weighted by Crippen LogP contribution is -2.54. The van der Waals surface area contributed by atoms with E-state index in [1.54, 1.807) is 24.8 Å². The van der Waals surface area contributed by atoms with Crippen molar-refractivity contribution in [1.29, 1.82) is 0 Å². The summed E-state index contributed by atoms with van der Waals surface area (Å²) in [7, 11) is -3.44. The molecular weight excluding hydrogens is 464 g/mol. The van der Waals surface area contributed by atoms with E-state index in [0.29, 0.717) is 44.1 Å². The van der Waals surface area contributed by atoms with E-state index in [4.69, 9.17) is 0 Å². The third-order valence-electron chi connectivity index (χ3n) is 6.06. The summed E-state index contributed by atoms with van der Waals surface area (Å²) in [5, 5.41) is 0.920. The fourth-order valence-corrected chi connectivity index (χ4v) is 7.92. The molecule has 1 amide bonds. The summed E-state index contributed by atoms with van der Waals surface area (Å²) in [6.07, 6.45) is 4.03.